The molecule has 0 bridgehead atoms. The van der Waals surface area contributed by atoms with Crippen molar-refractivity contribution in [2.75, 3.05) is 0 Å². The van der Waals surface area contributed by atoms with Crippen molar-refractivity contribution in [1.29, 1.82) is 0 Å². The summed E-state index contributed by atoms with van der Waals surface area (Å²) in [5, 5.41) is 1.94. The number of fused-ring (bicyclic) bond motifs is 3. The molecular formula is C34H30FN2O+. The molecule has 0 aliphatic carbocycles. The van der Waals surface area contributed by atoms with E-state index in [-0.39, 0.29) is 11.2 Å². The zero-order valence-electron chi connectivity index (χ0n) is 22.3. The minimum absolute atomic E-state index is 0.138. The maximum absolute atomic E-state index is 15.6. The van der Waals surface area contributed by atoms with Gasteiger partial charge in [-0.25, -0.2) is 4.39 Å². The van der Waals surface area contributed by atoms with Crippen molar-refractivity contribution in [2.45, 2.75) is 33.1 Å². The fraction of sp³-hybridized carbons (Fsp3) is 0.176. The standard InChI is InChI=1S/C34H30FN2O/c1-21-19-26(34(2,3)4)31-25-15-16-27(35)30(24-13-11-23(12-14-24)22-9-7-6-8-10-22)32(25)38-33(31)29(21)28-20-36-17-18-37(28)5/h6-20H,1-5H3/q+1. The molecule has 0 atom stereocenters. The smallest absolute Gasteiger partial charge is 0.234 e. The molecule has 38 heavy (non-hydrogen) atoms. The Balaban J connectivity index is 1.67. The lowest BCUT2D eigenvalue weighted by Crippen LogP contribution is -2.30. The molecule has 0 amide bonds. The Kier molecular flexibility index (Phi) is 5.64. The second-order valence-corrected chi connectivity index (χ2v) is 11.0. The van der Waals surface area contributed by atoms with Crippen LogP contribution in [0.4, 0.5) is 4.39 Å². The van der Waals surface area contributed by atoms with Gasteiger partial charge in [-0.05, 0) is 52.3 Å². The lowest BCUT2D eigenvalue weighted by Gasteiger charge is -2.22. The maximum atomic E-state index is 15.6. The van der Waals surface area contributed by atoms with Gasteiger partial charge in [-0.15, -0.1) is 0 Å². The molecule has 188 valence electrons. The Hall–Kier alpha value is -4.31. The van der Waals surface area contributed by atoms with E-state index in [1.807, 2.05) is 72.5 Å². The summed E-state index contributed by atoms with van der Waals surface area (Å²) >= 11 is 0. The number of nitrogens with zero attached hydrogens (tertiary/aromatic N) is 2. The first-order chi connectivity index (χ1) is 18.2. The second kappa shape index (κ2) is 8.91. The SMILES string of the molecule is Cc1cc(C(C)(C)C)c2c(oc3c(-c4ccc(-c5ccccc5)cc4)c(F)ccc32)c1-c1cncc[n+]1C. The van der Waals surface area contributed by atoms with E-state index in [9.17, 15) is 0 Å². The third-order valence-electron chi connectivity index (χ3n) is 7.36. The highest BCUT2D eigenvalue weighted by atomic mass is 19.1. The van der Waals surface area contributed by atoms with Crippen LogP contribution in [0.1, 0.15) is 31.9 Å². The van der Waals surface area contributed by atoms with Gasteiger partial charge in [-0.3, -0.25) is 4.98 Å². The van der Waals surface area contributed by atoms with Crippen LogP contribution in [0.2, 0.25) is 0 Å². The average molecular weight is 502 g/mol. The molecule has 0 saturated carbocycles. The van der Waals surface area contributed by atoms with Gasteiger partial charge >= 0.3 is 0 Å². The number of aromatic nitrogens is 2. The van der Waals surface area contributed by atoms with Crippen LogP contribution in [0.5, 0.6) is 0 Å². The first-order valence-electron chi connectivity index (χ1n) is 12.9. The van der Waals surface area contributed by atoms with Crippen LogP contribution >= 0.6 is 0 Å². The number of furan rings is 1. The Morgan fingerprint density at radius 1 is 0.816 bits per heavy atom. The minimum Gasteiger partial charge on any atom is -0.454 e. The normalized spacial score (nSPS) is 11.9. The quantitative estimate of drug-likeness (QED) is 0.227. The fourth-order valence-electron chi connectivity index (χ4n) is 5.42. The van der Waals surface area contributed by atoms with Gasteiger partial charge in [0.05, 0.1) is 23.5 Å². The molecule has 3 nitrogen and oxygen atoms in total. The number of aryl methyl sites for hydroxylation is 2. The van der Waals surface area contributed by atoms with Crippen LogP contribution in [-0.4, -0.2) is 4.98 Å². The zero-order valence-corrected chi connectivity index (χ0v) is 22.3. The second-order valence-electron chi connectivity index (χ2n) is 11.0. The minimum atomic E-state index is -0.300. The highest BCUT2D eigenvalue weighted by Crippen LogP contribution is 2.45. The van der Waals surface area contributed by atoms with Crippen molar-refractivity contribution in [1.82, 2.24) is 4.98 Å². The lowest BCUT2D eigenvalue weighted by molar-refractivity contribution is -0.660. The van der Waals surface area contributed by atoms with Crippen molar-refractivity contribution in [3.8, 4) is 33.5 Å². The number of halogens is 1. The third-order valence-corrected chi connectivity index (χ3v) is 7.36. The molecule has 4 heteroatoms. The molecule has 0 N–H and O–H groups in total. The molecule has 6 rings (SSSR count). The maximum Gasteiger partial charge on any atom is 0.234 e. The largest absolute Gasteiger partial charge is 0.454 e. The number of rotatable bonds is 3. The van der Waals surface area contributed by atoms with E-state index in [0.717, 1.165) is 49.9 Å². The molecular weight excluding hydrogens is 471 g/mol. The Morgan fingerprint density at radius 2 is 1.50 bits per heavy atom. The summed E-state index contributed by atoms with van der Waals surface area (Å²) < 4.78 is 24.3. The molecule has 0 aliphatic rings. The van der Waals surface area contributed by atoms with Crippen LogP contribution in [-0.2, 0) is 12.5 Å². The van der Waals surface area contributed by atoms with E-state index in [4.69, 9.17) is 4.42 Å². The molecule has 2 aromatic heterocycles. The van der Waals surface area contributed by atoms with Crippen molar-refractivity contribution in [3.05, 3.63) is 108 Å². The molecule has 4 aromatic carbocycles. The number of benzene rings is 4. The van der Waals surface area contributed by atoms with Gasteiger partial charge in [-0.1, -0.05) is 81.4 Å². The van der Waals surface area contributed by atoms with Crippen molar-refractivity contribution >= 4 is 21.9 Å². The van der Waals surface area contributed by atoms with E-state index in [1.54, 1.807) is 12.3 Å². The van der Waals surface area contributed by atoms with Crippen molar-refractivity contribution < 1.29 is 13.4 Å². The van der Waals surface area contributed by atoms with E-state index < -0.39 is 0 Å². The topological polar surface area (TPSA) is 29.9 Å². The highest BCUT2D eigenvalue weighted by molar-refractivity contribution is 6.15. The molecule has 0 radical (unpaired) electrons. The predicted octanol–water partition coefficient (Wildman–Crippen LogP) is 8.55. The van der Waals surface area contributed by atoms with Crippen molar-refractivity contribution in [2.24, 2.45) is 7.05 Å². The van der Waals surface area contributed by atoms with E-state index in [0.29, 0.717) is 11.1 Å². The van der Waals surface area contributed by atoms with Crippen LogP contribution < -0.4 is 4.57 Å². The van der Waals surface area contributed by atoms with Gasteiger partial charge in [0.15, 0.2) is 6.20 Å². The van der Waals surface area contributed by atoms with Gasteiger partial charge in [0, 0.05) is 10.8 Å². The van der Waals surface area contributed by atoms with Gasteiger partial charge < -0.3 is 4.42 Å². The van der Waals surface area contributed by atoms with Crippen LogP contribution in [0.15, 0.2) is 95.8 Å². The summed E-state index contributed by atoms with van der Waals surface area (Å²) in [5.41, 5.74) is 8.87. The summed E-state index contributed by atoms with van der Waals surface area (Å²) in [4.78, 5) is 4.38. The van der Waals surface area contributed by atoms with Crippen molar-refractivity contribution in [3.63, 3.8) is 0 Å². The lowest BCUT2D eigenvalue weighted by atomic mass is 9.81. The first kappa shape index (κ1) is 24.1. The summed E-state index contributed by atoms with van der Waals surface area (Å²) in [7, 11) is 2.00. The third kappa shape index (κ3) is 3.88. The van der Waals surface area contributed by atoms with Crippen LogP contribution in [0.3, 0.4) is 0 Å². The van der Waals surface area contributed by atoms with Crippen LogP contribution in [0, 0.1) is 12.7 Å². The first-order valence-corrected chi connectivity index (χ1v) is 12.9. The highest BCUT2D eigenvalue weighted by Gasteiger charge is 2.29. The molecule has 0 aliphatic heterocycles. The Morgan fingerprint density at radius 3 is 2.18 bits per heavy atom. The van der Waals surface area contributed by atoms with Gasteiger partial charge in [0.25, 0.3) is 0 Å². The molecule has 6 aromatic rings. The summed E-state index contributed by atoms with van der Waals surface area (Å²) in [6.45, 7) is 8.72. The average Bonchev–Trinajstić information content (AvgIpc) is 3.28. The Labute approximate surface area is 222 Å². The zero-order chi connectivity index (χ0) is 26.6. The summed E-state index contributed by atoms with van der Waals surface area (Å²) in [6, 6.07) is 23.9. The predicted molar refractivity (Wildman–Crippen MR) is 152 cm³/mol. The van der Waals surface area contributed by atoms with E-state index in [1.165, 1.54) is 5.56 Å². The summed E-state index contributed by atoms with van der Waals surface area (Å²) in [6.07, 6.45) is 5.56. The van der Waals surface area contributed by atoms with E-state index >= 15 is 4.39 Å². The van der Waals surface area contributed by atoms with Gasteiger partial charge in [0.2, 0.25) is 5.69 Å². The fourth-order valence-corrected chi connectivity index (χ4v) is 5.42. The molecule has 0 spiro atoms. The molecule has 0 unspecified atom stereocenters. The number of hydrogen-bond donors (Lipinski definition) is 0. The van der Waals surface area contributed by atoms with E-state index in [2.05, 4.69) is 50.9 Å². The molecule has 2 heterocycles. The summed E-state index contributed by atoms with van der Waals surface area (Å²) in [5.74, 6) is -0.300. The Bertz CT molecular complexity index is 1810. The molecule has 0 saturated heterocycles. The monoisotopic (exact) mass is 501 g/mol. The van der Waals surface area contributed by atoms with Gasteiger partial charge in [0.1, 0.15) is 24.0 Å². The van der Waals surface area contributed by atoms with Crippen LogP contribution in [0.25, 0.3) is 55.4 Å². The van der Waals surface area contributed by atoms with Gasteiger partial charge in [-0.2, -0.15) is 4.57 Å². The number of hydrogen-bond acceptors (Lipinski definition) is 2. The molecule has 0 fully saturated rings.